The van der Waals surface area contributed by atoms with E-state index in [0.29, 0.717) is 5.92 Å². The van der Waals surface area contributed by atoms with E-state index in [0.717, 1.165) is 41.0 Å². The summed E-state index contributed by atoms with van der Waals surface area (Å²) in [6, 6.07) is 3.96. The maximum Gasteiger partial charge on any atom is 0.157 e. The van der Waals surface area contributed by atoms with E-state index in [-0.39, 0.29) is 2.85 Å². The molecule has 0 fully saturated rings. The molecule has 7 nitrogen and oxygen atoms in total. The van der Waals surface area contributed by atoms with Crippen molar-refractivity contribution in [2.24, 2.45) is 0 Å². The van der Waals surface area contributed by atoms with Crippen LogP contribution in [0.4, 0.5) is 11.6 Å². The van der Waals surface area contributed by atoms with Crippen LogP contribution in [0.1, 0.15) is 46.1 Å². The van der Waals surface area contributed by atoms with Crippen LogP contribution < -0.4 is 5.32 Å². The molecule has 0 aliphatic rings. The Labute approximate surface area is 144 Å². The molecule has 1 atom stereocenters. The van der Waals surface area contributed by atoms with Gasteiger partial charge in [0.2, 0.25) is 0 Å². The SMILES string of the molecule is CCC(C)c1cc(Nc2cc(C)nc(C)n2)ncc1-c1ncn[nH]1.[HH].[HH]. The molecule has 2 N–H and O–H groups in total. The Morgan fingerprint density at radius 2 is 2.00 bits per heavy atom. The van der Waals surface area contributed by atoms with Gasteiger partial charge in [0.05, 0.1) is 0 Å². The van der Waals surface area contributed by atoms with E-state index in [9.17, 15) is 0 Å². The molecule has 0 spiro atoms. The first kappa shape index (κ1) is 16.0. The summed E-state index contributed by atoms with van der Waals surface area (Å²) < 4.78 is 0. The van der Waals surface area contributed by atoms with Gasteiger partial charge in [0.25, 0.3) is 0 Å². The third-order valence-electron chi connectivity index (χ3n) is 3.97. The number of rotatable bonds is 5. The minimum atomic E-state index is 0. The fraction of sp³-hybridized carbons (Fsp3) is 0.353. The lowest BCUT2D eigenvalue weighted by atomic mass is 9.94. The van der Waals surface area contributed by atoms with Crippen LogP contribution in [-0.4, -0.2) is 30.1 Å². The van der Waals surface area contributed by atoms with E-state index < -0.39 is 0 Å². The first-order chi connectivity index (χ1) is 11.6. The van der Waals surface area contributed by atoms with Crippen molar-refractivity contribution in [2.45, 2.75) is 40.0 Å². The Hall–Kier alpha value is -2.83. The summed E-state index contributed by atoms with van der Waals surface area (Å²) in [5, 5.41) is 10.1. The third-order valence-corrected chi connectivity index (χ3v) is 3.97. The number of nitrogens with zero attached hydrogens (tertiary/aromatic N) is 5. The van der Waals surface area contributed by atoms with Crippen molar-refractivity contribution in [1.29, 1.82) is 0 Å². The average Bonchev–Trinajstić information content (AvgIpc) is 3.07. The van der Waals surface area contributed by atoms with Crippen LogP contribution in [0.2, 0.25) is 0 Å². The Morgan fingerprint density at radius 1 is 1.17 bits per heavy atom. The van der Waals surface area contributed by atoms with E-state index in [1.54, 1.807) is 0 Å². The second-order valence-corrected chi connectivity index (χ2v) is 5.87. The zero-order valence-electron chi connectivity index (χ0n) is 14.3. The van der Waals surface area contributed by atoms with Crippen molar-refractivity contribution in [2.75, 3.05) is 5.32 Å². The van der Waals surface area contributed by atoms with Gasteiger partial charge in [-0.15, -0.1) is 0 Å². The molecule has 3 aromatic rings. The average molecular weight is 327 g/mol. The lowest BCUT2D eigenvalue weighted by molar-refractivity contribution is 0.733. The van der Waals surface area contributed by atoms with E-state index >= 15 is 0 Å². The zero-order chi connectivity index (χ0) is 17.1. The number of hydrogen-bond donors (Lipinski definition) is 2. The summed E-state index contributed by atoms with van der Waals surface area (Å²) in [5.41, 5.74) is 3.07. The van der Waals surface area contributed by atoms with Gasteiger partial charge in [-0.1, -0.05) is 13.8 Å². The van der Waals surface area contributed by atoms with Gasteiger partial charge in [0, 0.05) is 26.4 Å². The molecule has 0 bridgehead atoms. The number of aryl methyl sites for hydroxylation is 2. The molecule has 0 radical (unpaired) electrons. The first-order valence-electron chi connectivity index (χ1n) is 8.01. The molecular weight excluding hydrogens is 302 g/mol. The second kappa shape index (κ2) is 6.74. The van der Waals surface area contributed by atoms with Crippen LogP contribution in [0.25, 0.3) is 11.4 Å². The molecule has 3 heterocycles. The number of aromatic nitrogens is 6. The molecule has 0 aliphatic carbocycles. The Bertz CT molecular complexity index is 817. The fourth-order valence-electron chi connectivity index (χ4n) is 2.61. The van der Waals surface area contributed by atoms with Crippen LogP contribution in [0, 0.1) is 13.8 Å². The van der Waals surface area contributed by atoms with Gasteiger partial charge < -0.3 is 5.32 Å². The molecule has 3 rings (SSSR count). The molecule has 1 unspecified atom stereocenters. The second-order valence-electron chi connectivity index (χ2n) is 5.87. The monoisotopic (exact) mass is 327 g/mol. The molecular formula is C17H25N7. The highest BCUT2D eigenvalue weighted by Gasteiger charge is 2.15. The predicted octanol–water partition coefficient (Wildman–Crippen LogP) is 4.02. The van der Waals surface area contributed by atoms with Crippen molar-refractivity contribution < 1.29 is 2.85 Å². The summed E-state index contributed by atoms with van der Waals surface area (Å²) in [6.45, 7) is 8.19. The summed E-state index contributed by atoms with van der Waals surface area (Å²) in [7, 11) is 0. The highest BCUT2D eigenvalue weighted by atomic mass is 15.2. The van der Waals surface area contributed by atoms with Crippen molar-refractivity contribution in [1.82, 2.24) is 30.1 Å². The van der Waals surface area contributed by atoms with Crippen LogP contribution >= 0.6 is 0 Å². The third kappa shape index (κ3) is 3.40. The van der Waals surface area contributed by atoms with Gasteiger partial charge in [0.15, 0.2) is 5.82 Å². The lowest BCUT2D eigenvalue weighted by Gasteiger charge is -2.15. The summed E-state index contributed by atoms with van der Waals surface area (Å²) in [5.74, 6) is 3.35. The number of aromatic amines is 1. The van der Waals surface area contributed by atoms with Gasteiger partial charge in [-0.25, -0.2) is 19.9 Å². The van der Waals surface area contributed by atoms with Gasteiger partial charge >= 0.3 is 0 Å². The minimum absolute atomic E-state index is 0. The Kier molecular flexibility index (Phi) is 4.50. The molecule has 128 valence electrons. The summed E-state index contributed by atoms with van der Waals surface area (Å²) >= 11 is 0. The number of pyridine rings is 1. The van der Waals surface area contributed by atoms with Gasteiger partial charge in [-0.2, -0.15) is 5.10 Å². The van der Waals surface area contributed by atoms with Gasteiger partial charge in [-0.05, 0) is 37.8 Å². The molecule has 7 heteroatoms. The molecule has 0 saturated heterocycles. The number of anilines is 2. The lowest BCUT2D eigenvalue weighted by Crippen LogP contribution is -2.03. The normalized spacial score (nSPS) is 12.2. The van der Waals surface area contributed by atoms with E-state index in [2.05, 4.69) is 55.4 Å². The van der Waals surface area contributed by atoms with Crippen molar-refractivity contribution in [3.63, 3.8) is 0 Å². The Balaban J connectivity index is 0.00000169. The molecule has 24 heavy (non-hydrogen) atoms. The smallest absolute Gasteiger partial charge is 0.157 e. The van der Waals surface area contributed by atoms with Crippen LogP contribution in [0.5, 0.6) is 0 Å². The first-order valence-corrected chi connectivity index (χ1v) is 8.01. The van der Waals surface area contributed by atoms with Gasteiger partial charge in [-0.3, -0.25) is 5.10 Å². The van der Waals surface area contributed by atoms with Crippen LogP contribution in [0.3, 0.4) is 0 Å². The molecule has 3 aromatic heterocycles. The summed E-state index contributed by atoms with van der Waals surface area (Å²) in [4.78, 5) is 17.5. The summed E-state index contributed by atoms with van der Waals surface area (Å²) in [6.07, 6.45) is 4.36. The van der Waals surface area contributed by atoms with Crippen molar-refractivity contribution >= 4 is 11.6 Å². The van der Waals surface area contributed by atoms with E-state index in [1.165, 1.54) is 11.9 Å². The van der Waals surface area contributed by atoms with E-state index in [4.69, 9.17) is 0 Å². The fourth-order valence-corrected chi connectivity index (χ4v) is 2.61. The highest BCUT2D eigenvalue weighted by Crippen LogP contribution is 2.30. The van der Waals surface area contributed by atoms with Gasteiger partial charge in [0.1, 0.15) is 23.8 Å². The zero-order valence-corrected chi connectivity index (χ0v) is 14.3. The maximum absolute atomic E-state index is 4.51. The number of H-pyrrole nitrogens is 1. The minimum Gasteiger partial charge on any atom is -0.325 e. The molecule has 0 amide bonds. The van der Waals surface area contributed by atoms with Crippen molar-refractivity contribution in [3.05, 3.63) is 41.7 Å². The van der Waals surface area contributed by atoms with Crippen LogP contribution in [-0.2, 0) is 0 Å². The molecule has 0 saturated carbocycles. The standard InChI is InChI=1S/C17H21N7.2H2/c1-5-10(2)13-7-15(18-8-14(13)17-19-9-20-24-17)23-16-6-11(3)21-12(4)22-16;;/h6-10H,5H2,1-4H3,(H,19,20,24)(H,18,21,22,23);2*1H. The molecule has 0 aliphatic heterocycles. The van der Waals surface area contributed by atoms with Crippen LogP contribution in [0.15, 0.2) is 24.7 Å². The number of nitrogens with one attached hydrogen (secondary N) is 2. The van der Waals surface area contributed by atoms with E-state index in [1.807, 2.05) is 26.1 Å². The quantitative estimate of drug-likeness (QED) is 0.735. The molecule has 0 aromatic carbocycles. The topological polar surface area (TPSA) is 92.3 Å². The number of hydrogen-bond acceptors (Lipinski definition) is 6. The largest absolute Gasteiger partial charge is 0.325 e. The highest BCUT2D eigenvalue weighted by molar-refractivity contribution is 5.64. The maximum atomic E-state index is 4.51. The Morgan fingerprint density at radius 3 is 2.67 bits per heavy atom. The predicted molar refractivity (Wildman–Crippen MR) is 97.3 cm³/mol. The van der Waals surface area contributed by atoms with Crippen molar-refractivity contribution in [3.8, 4) is 11.4 Å².